The van der Waals surface area contributed by atoms with Crippen molar-refractivity contribution in [2.24, 2.45) is 0 Å². The SMILES string of the molecule is O=C(CN1CCC(O)(Cn2cnc3c(cnn3-c3ccc(F)cc3)c2=O)CC1)c1ccccc1. The van der Waals surface area contributed by atoms with Crippen LogP contribution < -0.4 is 5.56 Å². The fraction of sp³-hybridized carbons (Fsp3) is 0.280. The Morgan fingerprint density at radius 2 is 1.76 bits per heavy atom. The maximum Gasteiger partial charge on any atom is 0.264 e. The second-order valence-electron chi connectivity index (χ2n) is 8.74. The second kappa shape index (κ2) is 8.92. The fourth-order valence-electron chi connectivity index (χ4n) is 4.35. The topological polar surface area (TPSA) is 93.2 Å². The Balaban J connectivity index is 1.28. The first kappa shape index (κ1) is 22.1. The number of benzene rings is 2. The highest BCUT2D eigenvalue weighted by atomic mass is 19.1. The monoisotopic (exact) mass is 461 g/mol. The van der Waals surface area contributed by atoms with Gasteiger partial charge in [-0.05, 0) is 37.1 Å². The van der Waals surface area contributed by atoms with Crippen LogP contribution in [0.25, 0.3) is 16.7 Å². The van der Waals surface area contributed by atoms with Crippen LogP contribution in [0, 0.1) is 5.82 Å². The molecule has 3 heterocycles. The summed E-state index contributed by atoms with van der Waals surface area (Å²) >= 11 is 0. The van der Waals surface area contributed by atoms with Gasteiger partial charge in [0, 0.05) is 18.7 Å². The number of piperidine rings is 1. The van der Waals surface area contributed by atoms with Gasteiger partial charge in [-0.25, -0.2) is 14.1 Å². The molecule has 2 aromatic carbocycles. The van der Waals surface area contributed by atoms with Crippen LogP contribution in [0.2, 0.25) is 0 Å². The predicted octanol–water partition coefficient (Wildman–Crippen LogP) is 2.43. The van der Waals surface area contributed by atoms with Gasteiger partial charge in [0.15, 0.2) is 11.4 Å². The van der Waals surface area contributed by atoms with Crippen LogP contribution in [0.15, 0.2) is 71.9 Å². The summed E-state index contributed by atoms with van der Waals surface area (Å²) in [6, 6.07) is 14.9. The summed E-state index contributed by atoms with van der Waals surface area (Å²) in [4.78, 5) is 31.9. The lowest BCUT2D eigenvalue weighted by Gasteiger charge is -2.38. The average molecular weight is 461 g/mol. The van der Waals surface area contributed by atoms with Gasteiger partial charge in [-0.3, -0.25) is 19.1 Å². The summed E-state index contributed by atoms with van der Waals surface area (Å²) in [6.07, 6.45) is 3.73. The first-order chi connectivity index (χ1) is 16.4. The molecule has 34 heavy (non-hydrogen) atoms. The highest BCUT2D eigenvalue weighted by molar-refractivity contribution is 5.97. The van der Waals surface area contributed by atoms with Crippen molar-refractivity contribution in [3.63, 3.8) is 0 Å². The van der Waals surface area contributed by atoms with Crippen molar-refractivity contribution in [2.45, 2.75) is 25.0 Å². The number of aromatic nitrogens is 4. The quantitative estimate of drug-likeness (QED) is 0.444. The summed E-state index contributed by atoms with van der Waals surface area (Å²) in [7, 11) is 0. The van der Waals surface area contributed by atoms with Crippen molar-refractivity contribution in [3.8, 4) is 5.69 Å². The molecular formula is C25H24FN5O3. The predicted molar refractivity (Wildman–Crippen MR) is 124 cm³/mol. The van der Waals surface area contributed by atoms with E-state index >= 15 is 0 Å². The highest BCUT2D eigenvalue weighted by Crippen LogP contribution is 2.24. The summed E-state index contributed by atoms with van der Waals surface area (Å²) in [5.74, 6) is -0.311. The zero-order valence-corrected chi connectivity index (χ0v) is 18.5. The van der Waals surface area contributed by atoms with Gasteiger partial charge in [-0.2, -0.15) is 5.10 Å². The van der Waals surface area contributed by atoms with E-state index in [9.17, 15) is 19.1 Å². The van der Waals surface area contributed by atoms with Crippen molar-refractivity contribution in [3.05, 3.63) is 88.9 Å². The molecule has 8 nitrogen and oxygen atoms in total. The Labute approximate surface area is 194 Å². The van der Waals surface area contributed by atoms with Gasteiger partial charge >= 0.3 is 0 Å². The van der Waals surface area contributed by atoms with E-state index in [2.05, 4.69) is 10.1 Å². The molecule has 0 saturated carbocycles. The van der Waals surface area contributed by atoms with Gasteiger partial charge in [0.25, 0.3) is 5.56 Å². The largest absolute Gasteiger partial charge is 0.388 e. The molecule has 0 spiro atoms. The number of ketones is 1. The molecule has 1 saturated heterocycles. The molecule has 4 aromatic rings. The minimum Gasteiger partial charge on any atom is -0.388 e. The van der Waals surface area contributed by atoms with E-state index in [1.54, 1.807) is 24.3 Å². The number of likely N-dealkylation sites (tertiary alicyclic amines) is 1. The van der Waals surface area contributed by atoms with E-state index in [0.717, 1.165) is 0 Å². The second-order valence-corrected chi connectivity index (χ2v) is 8.74. The summed E-state index contributed by atoms with van der Waals surface area (Å²) in [5, 5.41) is 15.7. The number of Topliss-reactive ketones (excluding diaryl/α,β-unsaturated/α-hetero) is 1. The fourth-order valence-corrected chi connectivity index (χ4v) is 4.35. The first-order valence-electron chi connectivity index (χ1n) is 11.1. The Bertz CT molecular complexity index is 1370. The number of hydrogen-bond acceptors (Lipinski definition) is 6. The molecule has 2 aromatic heterocycles. The van der Waals surface area contributed by atoms with Gasteiger partial charge in [0.2, 0.25) is 0 Å². The molecule has 0 radical (unpaired) electrons. The lowest BCUT2D eigenvalue weighted by molar-refractivity contribution is -0.0335. The van der Waals surface area contributed by atoms with Gasteiger partial charge in [0.1, 0.15) is 17.5 Å². The Morgan fingerprint density at radius 3 is 2.47 bits per heavy atom. The lowest BCUT2D eigenvalue weighted by atomic mass is 9.91. The van der Waals surface area contributed by atoms with Crippen LogP contribution in [0.1, 0.15) is 23.2 Å². The van der Waals surface area contributed by atoms with E-state index < -0.39 is 5.60 Å². The van der Waals surface area contributed by atoms with Gasteiger partial charge < -0.3 is 5.11 Å². The normalized spacial score (nSPS) is 16.1. The van der Waals surface area contributed by atoms with Crippen LogP contribution in [0.4, 0.5) is 4.39 Å². The minimum absolute atomic E-state index is 0.0510. The van der Waals surface area contributed by atoms with Crippen LogP contribution >= 0.6 is 0 Å². The van der Waals surface area contributed by atoms with Crippen LogP contribution in [-0.2, 0) is 6.54 Å². The third-order valence-electron chi connectivity index (χ3n) is 6.34. The molecule has 0 unspecified atom stereocenters. The summed E-state index contributed by atoms with van der Waals surface area (Å²) in [6.45, 7) is 1.52. The first-order valence-corrected chi connectivity index (χ1v) is 11.1. The Hall–Kier alpha value is -3.69. The molecule has 0 atom stereocenters. The van der Waals surface area contributed by atoms with E-state index in [4.69, 9.17) is 0 Å². The Morgan fingerprint density at radius 1 is 1.06 bits per heavy atom. The third kappa shape index (κ3) is 4.40. The average Bonchev–Trinajstić information content (AvgIpc) is 3.28. The van der Waals surface area contributed by atoms with E-state index in [1.807, 2.05) is 23.1 Å². The van der Waals surface area contributed by atoms with Crippen LogP contribution in [0.5, 0.6) is 0 Å². The molecule has 1 N–H and O–H groups in total. The maximum absolute atomic E-state index is 13.2. The third-order valence-corrected chi connectivity index (χ3v) is 6.34. The minimum atomic E-state index is -1.07. The molecule has 0 aliphatic carbocycles. The number of fused-ring (bicyclic) bond motifs is 1. The van der Waals surface area contributed by atoms with E-state index in [0.29, 0.717) is 54.8 Å². The zero-order chi connectivity index (χ0) is 23.7. The number of carbonyl (C=O) groups excluding carboxylic acids is 1. The molecule has 9 heteroatoms. The summed E-state index contributed by atoms with van der Waals surface area (Å²) < 4.78 is 16.1. The number of rotatable bonds is 6. The molecule has 1 aliphatic heterocycles. The molecule has 1 aliphatic rings. The van der Waals surface area contributed by atoms with Crippen molar-refractivity contribution in [1.29, 1.82) is 0 Å². The smallest absolute Gasteiger partial charge is 0.264 e. The van der Waals surface area contributed by atoms with Gasteiger partial charge in [0.05, 0.1) is 30.6 Å². The molecule has 1 fully saturated rings. The van der Waals surface area contributed by atoms with Gasteiger partial charge in [-0.15, -0.1) is 0 Å². The number of halogens is 1. The van der Waals surface area contributed by atoms with Gasteiger partial charge in [-0.1, -0.05) is 30.3 Å². The number of carbonyl (C=O) groups is 1. The van der Waals surface area contributed by atoms with E-state index in [-0.39, 0.29) is 23.7 Å². The summed E-state index contributed by atoms with van der Waals surface area (Å²) in [5.41, 5.74) is 0.272. The highest BCUT2D eigenvalue weighted by Gasteiger charge is 2.34. The standard InChI is InChI=1S/C25H24FN5O3/c26-19-6-8-20(9-7-19)31-23-21(14-28-31)24(33)30(17-27-23)16-25(34)10-12-29(13-11-25)15-22(32)18-4-2-1-3-5-18/h1-9,14,17,34H,10-13,15-16H2. The molecule has 5 rings (SSSR count). The van der Waals surface area contributed by atoms with Crippen LogP contribution in [0.3, 0.4) is 0 Å². The lowest BCUT2D eigenvalue weighted by Crippen LogP contribution is -2.49. The number of aliphatic hydroxyl groups is 1. The molecule has 174 valence electrons. The van der Waals surface area contributed by atoms with Crippen molar-refractivity contribution in [2.75, 3.05) is 19.6 Å². The zero-order valence-electron chi connectivity index (χ0n) is 18.5. The Kier molecular flexibility index (Phi) is 5.80. The molecular weight excluding hydrogens is 437 g/mol. The number of hydrogen-bond donors (Lipinski definition) is 1. The molecule has 0 bridgehead atoms. The van der Waals surface area contributed by atoms with Crippen molar-refractivity contribution < 1.29 is 14.3 Å². The van der Waals surface area contributed by atoms with Crippen molar-refractivity contribution in [1.82, 2.24) is 24.2 Å². The maximum atomic E-state index is 13.2. The number of nitrogens with zero attached hydrogens (tertiary/aromatic N) is 5. The van der Waals surface area contributed by atoms with Crippen LogP contribution in [-0.4, -0.2) is 60.4 Å². The molecule has 0 amide bonds. The van der Waals surface area contributed by atoms with Crippen molar-refractivity contribution >= 4 is 16.8 Å². The van der Waals surface area contributed by atoms with E-state index in [1.165, 1.54) is 33.9 Å².